The maximum absolute atomic E-state index is 11.1. The smallest absolute Gasteiger partial charge is 0.314 e. The van der Waals surface area contributed by atoms with E-state index >= 15 is 0 Å². The fourth-order valence-corrected chi connectivity index (χ4v) is 1.30. The first kappa shape index (κ1) is 19.0. The Kier molecular flexibility index (Phi) is 11.3. The standard InChI is InChI=1S/C10H20Cl2N4O4/c11-1-3-13-9(19)15-5-7(17)8(18)6-16-10(20)14-4-2-12/h7-8,17-18H,1-6H2,(H2,13,15,19)(H2,14,16,20)/t7-,8-/m1/s1. The number of urea groups is 2. The van der Waals surface area contributed by atoms with Gasteiger partial charge in [-0.1, -0.05) is 0 Å². The van der Waals surface area contributed by atoms with E-state index in [1.165, 1.54) is 0 Å². The molecule has 0 aliphatic rings. The van der Waals surface area contributed by atoms with Gasteiger partial charge in [0.15, 0.2) is 0 Å². The molecule has 4 amide bonds. The van der Waals surface area contributed by atoms with E-state index in [0.29, 0.717) is 13.1 Å². The van der Waals surface area contributed by atoms with Crippen molar-refractivity contribution in [1.82, 2.24) is 21.3 Å². The van der Waals surface area contributed by atoms with Gasteiger partial charge in [0.2, 0.25) is 0 Å². The summed E-state index contributed by atoms with van der Waals surface area (Å²) in [5.41, 5.74) is 0. The Morgan fingerprint density at radius 3 is 1.45 bits per heavy atom. The van der Waals surface area contributed by atoms with Gasteiger partial charge in [0, 0.05) is 37.9 Å². The van der Waals surface area contributed by atoms with E-state index in [2.05, 4.69) is 21.3 Å². The van der Waals surface area contributed by atoms with Gasteiger partial charge in [-0.2, -0.15) is 0 Å². The number of nitrogens with one attached hydrogen (secondary N) is 4. The van der Waals surface area contributed by atoms with Gasteiger partial charge in [-0.15, -0.1) is 23.2 Å². The van der Waals surface area contributed by atoms with Crippen molar-refractivity contribution in [3.05, 3.63) is 0 Å². The summed E-state index contributed by atoms with van der Waals surface area (Å²) in [6.45, 7) is 0.295. The lowest BCUT2D eigenvalue weighted by molar-refractivity contribution is 0.0239. The molecule has 2 atom stereocenters. The highest BCUT2D eigenvalue weighted by Gasteiger charge is 2.17. The van der Waals surface area contributed by atoms with Crippen molar-refractivity contribution in [2.24, 2.45) is 0 Å². The number of aliphatic hydroxyl groups excluding tert-OH is 2. The molecule has 0 unspecified atom stereocenters. The topological polar surface area (TPSA) is 123 Å². The molecule has 0 rings (SSSR count). The van der Waals surface area contributed by atoms with E-state index in [1.807, 2.05) is 0 Å². The van der Waals surface area contributed by atoms with Crippen LogP contribution in [0, 0.1) is 0 Å². The highest BCUT2D eigenvalue weighted by molar-refractivity contribution is 6.18. The number of carbonyl (C=O) groups is 2. The van der Waals surface area contributed by atoms with Crippen LogP contribution in [-0.2, 0) is 0 Å². The molecule has 0 saturated carbocycles. The summed E-state index contributed by atoms with van der Waals surface area (Å²) in [5, 5.41) is 28.7. The van der Waals surface area contributed by atoms with E-state index in [4.69, 9.17) is 23.2 Å². The van der Waals surface area contributed by atoms with E-state index in [1.54, 1.807) is 0 Å². The molecule has 0 fully saturated rings. The molecule has 0 radical (unpaired) electrons. The first-order chi connectivity index (χ1) is 9.51. The third-order valence-electron chi connectivity index (χ3n) is 2.15. The van der Waals surface area contributed by atoms with Crippen molar-refractivity contribution in [3.8, 4) is 0 Å². The predicted octanol–water partition coefficient (Wildman–Crippen LogP) is -1.22. The number of carbonyl (C=O) groups excluding carboxylic acids is 2. The summed E-state index contributed by atoms with van der Waals surface area (Å²) in [4.78, 5) is 22.3. The minimum absolute atomic E-state index is 0.153. The molecule has 0 aliphatic heterocycles. The molecule has 6 N–H and O–H groups in total. The Hall–Kier alpha value is -0.960. The van der Waals surface area contributed by atoms with Crippen molar-refractivity contribution < 1.29 is 19.8 Å². The SMILES string of the molecule is O=C(NCCCl)NC[C@@H](O)[C@H](O)CNC(=O)NCCCl. The van der Waals surface area contributed by atoms with Crippen LogP contribution in [0.1, 0.15) is 0 Å². The largest absolute Gasteiger partial charge is 0.389 e. The van der Waals surface area contributed by atoms with Crippen molar-refractivity contribution in [2.75, 3.05) is 37.9 Å². The Morgan fingerprint density at radius 2 is 1.15 bits per heavy atom. The summed E-state index contributed by atoms with van der Waals surface area (Å²) in [7, 11) is 0. The van der Waals surface area contributed by atoms with Gasteiger partial charge in [-0.05, 0) is 0 Å². The zero-order valence-corrected chi connectivity index (χ0v) is 12.4. The second-order valence-corrected chi connectivity index (χ2v) is 4.54. The van der Waals surface area contributed by atoms with E-state index in [9.17, 15) is 19.8 Å². The van der Waals surface area contributed by atoms with Gasteiger partial charge in [0.05, 0.1) is 12.2 Å². The highest BCUT2D eigenvalue weighted by Crippen LogP contribution is 1.91. The Labute approximate surface area is 127 Å². The minimum atomic E-state index is -1.20. The number of amides is 4. The van der Waals surface area contributed by atoms with Crippen LogP contribution in [0.4, 0.5) is 9.59 Å². The first-order valence-electron chi connectivity index (χ1n) is 6.02. The Bertz CT molecular complexity index is 268. The van der Waals surface area contributed by atoms with Gasteiger partial charge in [-0.25, -0.2) is 9.59 Å². The van der Waals surface area contributed by atoms with Crippen molar-refractivity contribution in [3.63, 3.8) is 0 Å². The maximum Gasteiger partial charge on any atom is 0.314 e. The average Bonchev–Trinajstić information content (AvgIpc) is 2.45. The molecule has 0 aliphatic carbocycles. The van der Waals surface area contributed by atoms with Crippen molar-refractivity contribution in [2.45, 2.75) is 12.2 Å². The summed E-state index contributed by atoms with van der Waals surface area (Å²) in [5.74, 6) is 0.555. The Balaban J connectivity index is 3.77. The summed E-state index contributed by atoms with van der Waals surface area (Å²) < 4.78 is 0. The highest BCUT2D eigenvalue weighted by atomic mass is 35.5. The fraction of sp³-hybridized carbons (Fsp3) is 0.800. The number of halogens is 2. The third kappa shape index (κ3) is 9.90. The van der Waals surface area contributed by atoms with Crippen LogP contribution in [0.5, 0.6) is 0 Å². The molecule has 10 heteroatoms. The molecule has 0 aromatic heterocycles. The molecule has 20 heavy (non-hydrogen) atoms. The predicted molar refractivity (Wildman–Crippen MR) is 76.3 cm³/mol. The molecular weight excluding hydrogens is 311 g/mol. The minimum Gasteiger partial charge on any atom is -0.389 e. The molecule has 0 aromatic carbocycles. The fourth-order valence-electron chi connectivity index (χ4n) is 1.11. The number of hydrogen-bond acceptors (Lipinski definition) is 4. The second kappa shape index (κ2) is 11.8. The quantitative estimate of drug-likeness (QED) is 0.297. The average molecular weight is 331 g/mol. The zero-order chi connectivity index (χ0) is 15.4. The summed E-state index contributed by atoms with van der Waals surface area (Å²) in [6.07, 6.45) is -2.41. The van der Waals surface area contributed by atoms with Crippen LogP contribution >= 0.6 is 23.2 Å². The molecule has 118 valence electrons. The molecule has 0 bridgehead atoms. The molecular formula is C10H20Cl2N4O4. The number of alkyl halides is 2. The lowest BCUT2D eigenvalue weighted by Crippen LogP contribution is -2.48. The van der Waals surface area contributed by atoms with Gasteiger partial charge in [0.25, 0.3) is 0 Å². The molecule has 0 heterocycles. The van der Waals surface area contributed by atoms with Crippen LogP contribution in [0.2, 0.25) is 0 Å². The van der Waals surface area contributed by atoms with E-state index in [0.717, 1.165) is 0 Å². The molecule has 8 nitrogen and oxygen atoms in total. The monoisotopic (exact) mass is 330 g/mol. The van der Waals surface area contributed by atoms with Crippen molar-refractivity contribution in [1.29, 1.82) is 0 Å². The Morgan fingerprint density at radius 1 is 0.800 bits per heavy atom. The van der Waals surface area contributed by atoms with Crippen LogP contribution in [-0.4, -0.2) is 72.4 Å². The summed E-state index contributed by atoms with van der Waals surface area (Å²) >= 11 is 10.8. The molecule has 0 spiro atoms. The molecule has 0 aromatic rings. The lowest BCUT2D eigenvalue weighted by Gasteiger charge is -2.19. The van der Waals surface area contributed by atoms with Crippen molar-refractivity contribution >= 4 is 35.3 Å². The van der Waals surface area contributed by atoms with E-state index in [-0.39, 0.29) is 24.8 Å². The summed E-state index contributed by atoms with van der Waals surface area (Å²) in [6, 6.07) is -0.991. The van der Waals surface area contributed by atoms with Crippen LogP contribution in [0.15, 0.2) is 0 Å². The normalized spacial score (nSPS) is 13.2. The maximum atomic E-state index is 11.1. The number of aliphatic hydroxyl groups is 2. The second-order valence-electron chi connectivity index (χ2n) is 3.79. The molecule has 0 saturated heterocycles. The number of rotatable bonds is 9. The van der Waals surface area contributed by atoms with Gasteiger partial charge >= 0.3 is 12.1 Å². The van der Waals surface area contributed by atoms with Gasteiger partial charge in [-0.3, -0.25) is 0 Å². The van der Waals surface area contributed by atoms with Gasteiger partial charge < -0.3 is 31.5 Å². The number of hydrogen-bond donors (Lipinski definition) is 6. The van der Waals surface area contributed by atoms with Crippen LogP contribution in [0.25, 0.3) is 0 Å². The lowest BCUT2D eigenvalue weighted by atomic mass is 10.2. The first-order valence-corrected chi connectivity index (χ1v) is 7.09. The van der Waals surface area contributed by atoms with Gasteiger partial charge in [0.1, 0.15) is 0 Å². The zero-order valence-electron chi connectivity index (χ0n) is 10.9. The third-order valence-corrected chi connectivity index (χ3v) is 2.53. The van der Waals surface area contributed by atoms with Crippen LogP contribution in [0.3, 0.4) is 0 Å². The van der Waals surface area contributed by atoms with Crippen LogP contribution < -0.4 is 21.3 Å². The van der Waals surface area contributed by atoms with E-state index < -0.39 is 24.3 Å².